The van der Waals surface area contributed by atoms with E-state index in [0.717, 1.165) is 13.0 Å². The van der Waals surface area contributed by atoms with Crippen LogP contribution in [0.5, 0.6) is 0 Å². The lowest BCUT2D eigenvalue weighted by molar-refractivity contribution is 0.0669. The van der Waals surface area contributed by atoms with Crippen molar-refractivity contribution in [3.8, 4) is 0 Å². The Morgan fingerprint density at radius 3 is 2.80 bits per heavy atom. The summed E-state index contributed by atoms with van der Waals surface area (Å²) in [5.41, 5.74) is -0.0132. The fourth-order valence-corrected chi connectivity index (χ4v) is 2.46. The van der Waals surface area contributed by atoms with Gasteiger partial charge in [-0.15, -0.1) is 0 Å². The molecule has 0 radical (unpaired) electrons. The van der Waals surface area contributed by atoms with Gasteiger partial charge in [-0.05, 0) is 39.3 Å². The molecule has 6 nitrogen and oxygen atoms in total. The summed E-state index contributed by atoms with van der Waals surface area (Å²) in [4.78, 5) is 25.3. The number of aromatic amines is 1. The summed E-state index contributed by atoms with van der Waals surface area (Å²) in [5.74, 6) is -0.136. The van der Waals surface area contributed by atoms with Gasteiger partial charge >= 0.3 is 0 Å². The van der Waals surface area contributed by atoms with Gasteiger partial charge in [0.2, 0.25) is 0 Å². The molecule has 1 atom stereocenters. The maximum atomic E-state index is 12.5. The van der Waals surface area contributed by atoms with E-state index in [1.165, 1.54) is 25.0 Å². The highest BCUT2D eigenvalue weighted by atomic mass is 16.2. The van der Waals surface area contributed by atoms with E-state index in [0.29, 0.717) is 12.6 Å². The van der Waals surface area contributed by atoms with E-state index in [2.05, 4.69) is 15.5 Å². The fourth-order valence-electron chi connectivity index (χ4n) is 2.46. The van der Waals surface area contributed by atoms with Crippen molar-refractivity contribution in [3.05, 3.63) is 28.2 Å². The van der Waals surface area contributed by atoms with E-state index in [1.54, 1.807) is 0 Å². The third-order valence-corrected chi connectivity index (χ3v) is 3.61. The lowest BCUT2D eigenvalue weighted by Crippen LogP contribution is -2.48. The molecule has 0 spiro atoms. The van der Waals surface area contributed by atoms with E-state index in [1.807, 2.05) is 18.7 Å². The molecule has 0 saturated carbocycles. The molecular weight excluding hydrogens is 256 g/mol. The average Bonchev–Trinajstić information content (AvgIpc) is 2.45. The third kappa shape index (κ3) is 3.66. The quantitative estimate of drug-likeness (QED) is 0.852. The molecular formula is C14H22N4O2. The molecule has 2 N–H and O–H groups in total. The fraction of sp³-hybridized carbons (Fsp3) is 0.643. The van der Waals surface area contributed by atoms with Crippen molar-refractivity contribution in [3.63, 3.8) is 0 Å². The number of amides is 1. The molecule has 20 heavy (non-hydrogen) atoms. The van der Waals surface area contributed by atoms with Gasteiger partial charge < -0.3 is 10.2 Å². The summed E-state index contributed by atoms with van der Waals surface area (Å²) in [6.45, 7) is 5.68. The molecule has 1 aromatic rings. The number of rotatable bonds is 4. The van der Waals surface area contributed by atoms with Crippen LogP contribution in [0.25, 0.3) is 0 Å². The molecule has 2 rings (SSSR count). The smallest absolute Gasteiger partial charge is 0.274 e. The number of aromatic nitrogens is 2. The predicted molar refractivity (Wildman–Crippen MR) is 76.7 cm³/mol. The zero-order chi connectivity index (χ0) is 14.5. The first-order valence-corrected chi connectivity index (χ1v) is 7.18. The second kappa shape index (κ2) is 6.65. The maximum Gasteiger partial charge on any atom is 0.274 e. The standard InChI is InChI=1S/C14H22N4O2/c1-10(2)18(9-11-5-3-4-8-15-11)14(20)12-6-7-13(19)17-16-12/h6-7,10-11,15H,3-5,8-9H2,1-2H3,(H,17,19). The van der Waals surface area contributed by atoms with Gasteiger partial charge in [-0.25, -0.2) is 5.10 Å². The van der Waals surface area contributed by atoms with Crippen molar-refractivity contribution in [2.24, 2.45) is 0 Å². The van der Waals surface area contributed by atoms with Crippen LogP contribution in [0.4, 0.5) is 0 Å². The van der Waals surface area contributed by atoms with Gasteiger partial charge in [-0.3, -0.25) is 9.59 Å². The second-order valence-corrected chi connectivity index (χ2v) is 5.50. The van der Waals surface area contributed by atoms with Crippen molar-refractivity contribution in [1.29, 1.82) is 0 Å². The summed E-state index contributed by atoms with van der Waals surface area (Å²) < 4.78 is 0. The van der Waals surface area contributed by atoms with Crippen LogP contribution in [0, 0.1) is 0 Å². The lowest BCUT2D eigenvalue weighted by atomic mass is 10.0. The van der Waals surface area contributed by atoms with Crippen LogP contribution >= 0.6 is 0 Å². The molecule has 1 aliphatic rings. The first kappa shape index (κ1) is 14.7. The Bertz CT molecular complexity index is 486. The molecule has 1 amide bonds. The second-order valence-electron chi connectivity index (χ2n) is 5.50. The number of nitrogens with zero attached hydrogens (tertiary/aromatic N) is 2. The highest BCUT2D eigenvalue weighted by Gasteiger charge is 2.24. The van der Waals surface area contributed by atoms with Crippen LogP contribution in [0.15, 0.2) is 16.9 Å². The van der Waals surface area contributed by atoms with Gasteiger partial charge in [0.1, 0.15) is 5.69 Å². The Balaban J connectivity index is 2.08. The first-order chi connectivity index (χ1) is 9.58. The lowest BCUT2D eigenvalue weighted by Gasteiger charge is -2.33. The highest BCUT2D eigenvalue weighted by molar-refractivity contribution is 5.92. The van der Waals surface area contributed by atoms with Crippen LogP contribution < -0.4 is 10.9 Å². The van der Waals surface area contributed by atoms with Gasteiger partial charge in [0.25, 0.3) is 11.5 Å². The Morgan fingerprint density at radius 2 is 2.25 bits per heavy atom. The molecule has 110 valence electrons. The van der Waals surface area contributed by atoms with Gasteiger partial charge in [-0.1, -0.05) is 6.42 Å². The van der Waals surface area contributed by atoms with E-state index in [9.17, 15) is 9.59 Å². The number of hydrogen-bond donors (Lipinski definition) is 2. The SMILES string of the molecule is CC(C)N(CC1CCCCN1)C(=O)c1ccc(=O)[nH]n1. The van der Waals surface area contributed by atoms with Crippen molar-refractivity contribution in [2.75, 3.05) is 13.1 Å². The molecule has 1 saturated heterocycles. The summed E-state index contributed by atoms with van der Waals surface area (Å²) in [5, 5.41) is 9.58. The predicted octanol–water partition coefficient (Wildman–Crippen LogP) is 0.763. The number of nitrogens with one attached hydrogen (secondary N) is 2. The minimum Gasteiger partial charge on any atom is -0.333 e. The molecule has 0 aliphatic carbocycles. The van der Waals surface area contributed by atoms with E-state index in [4.69, 9.17) is 0 Å². The van der Waals surface area contributed by atoms with Crippen LogP contribution in [0.1, 0.15) is 43.6 Å². The average molecular weight is 278 g/mol. The van der Waals surface area contributed by atoms with Gasteiger partial charge in [-0.2, -0.15) is 5.10 Å². The monoisotopic (exact) mass is 278 g/mol. The molecule has 6 heteroatoms. The van der Waals surface area contributed by atoms with Crippen LogP contribution in [-0.4, -0.2) is 46.2 Å². The Morgan fingerprint density at radius 1 is 1.45 bits per heavy atom. The summed E-state index contributed by atoms with van der Waals surface area (Å²) in [6, 6.07) is 3.25. The van der Waals surface area contributed by atoms with Gasteiger partial charge in [0, 0.05) is 24.7 Å². The minimum atomic E-state index is -0.299. The molecule has 1 fully saturated rings. The highest BCUT2D eigenvalue weighted by Crippen LogP contribution is 2.12. The molecule has 1 aliphatic heterocycles. The summed E-state index contributed by atoms with van der Waals surface area (Å²) >= 11 is 0. The van der Waals surface area contributed by atoms with E-state index >= 15 is 0 Å². The number of H-pyrrole nitrogens is 1. The summed E-state index contributed by atoms with van der Waals surface area (Å²) in [6.07, 6.45) is 3.50. The molecule has 1 aromatic heterocycles. The molecule has 2 heterocycles. The largest absolute Gasteiger partial charge is 0.333 e. The van der Waals surface area contributed by atoms with Crippen LogP contribution in [0.2, 0.25) is 0 Å². The molecule has 0 aromatic carbocycles. The number of piperidine rings is 1. The summed E-state index contributed by atoms with van der Waals surface area (Å²) in [7, 11) is 0. The zero-order valence-corrected chi connectivity index (χ0v) is 12.1. The molecule has 0 bridgehead atoms. The van der Waals surface area contributed by atoms with Gasteiger partial charge in [0.15, 0.2) is 0 Å². The zero-order valence-electron chi connectivity index (χ0n) is 12.1. The normalized spacial score (nSPS) is 19.1. The van der Waals surface area contributed by atoms with Gasteiger partial charge in [0.05, 0.1) is 0 Å². The maximum absolute atomic E-state index is 12.5. The Hall–Kier alpha value is -1.69. The third-order valence-electron chi connectivity index (χ3n) is 3.61. The van der Waals surface area contributed by atoms with E-state index < -0.39 is 0 Å². The number of carbonyl (C=O) groups excluding carboxylic acids is 1. The van der Waals surface area contributed by atoms with Crippen molar-refractivity contribution < 1.29 is 4.79 Å². The van der Waals surface area contributed by atoms with Crippen LogP contribution in [0.3, 0.4) is 0 Å². The Kier molecular flexibility index (Phi) is 4.89. The molecule has 1 unspecified atom stereocenters. The van der Waals surface area contributed by atoms with Crippen molar-refractivity contribution in [1.82, 2.24) is 20.4 Å². The van der Waals surface area contributed by atoms with E-state index in [-0.39, 0.29) is 23.2 Å². The first-order valence-electron chi connectivity index (χ1n) is 7.18. The number of carbonyl (C=O) groups is 1. The van der Waals surface area contributed by atoms with Crippen LogP contribution in [-0.2, 0) is 0 Å². The van der Waals surface area contributed by atoms with Crippen molar-refractivity contribution >= 4 is 5.91 Å². The Labute approximate surface area is 118 Å². The number of hydrogen-bond acceptors (Lipinski definition) is 4. The van der Waals surface area contributed by atoms with Crippen molar-refractivity contribution in [2.45, 2.75) is 45.2 Å². The minimum absolute atomic E-state index is 0.0972. The topological polar surface area (TPSA) is 78.1 Å².